The summed E-state index contributed by atoms with van der Waals surface area (Å²) in [6, 6.07) is 2.28. The highest BCUT2D eigenvalue weighted by Gasteiger charge is 2.25. The molecule has 0 aliphatic carbocycles. The van der Waals surface area contributed by atoms with E-state index in [4.69, 9.17) is 10.7 Å². The summed E-state index contributed by atoms with van der Waals surface area (Å²) in [4.78, 5) is 13.0. The van der Waals surface area contributed by atoms with Gasteiger partial charge in [-0.15, -0.1) is 0 Å². The normalized spacial score (nSPS) is 11.4. The highest BCUT2D eigenvalue weighted by molar-refractivity contribution is 9.10. The van der Waals surface area contributed by atoms with E-state index in [1.165, 1.54) is 11.0 Å². The monoisotopic (exact) mass is 385 g/mol. The van der Waals surface area contributed by atoms with Crippen molar-refractivity contribution in [1.29, 1.82) is 0 Å². The molecule has 0 saturated heterocycles. The van der Waals surface area contributed by atoms with Crippen LogP contribution in [-0.4, -0.2) is 32.3 Å². The highest BCUT2D eigenvalue weighted by atomic mass is 79.9. The third kappa shape index (κ3) is 3.93. The molecule has 1 aromatic carbocycles. The Morgan fingerprint density at radius 3 is 2.45 bits per heavy atom. The van der Waals surface area contributed by atoms with Crippen molar-refractivity contribution in [2.24, 2.45) is 0 Å². The molecule has 0 spiro atoms. The Kier molecular flexibility index (Phi) is 5.97. The molecular formula is C12H14BrClFNO3S. The van der Waals surface area contributed by atoms with Gasteiger partial charge in [-0.1, -0.05) is 22.9 Å². The van der Waals surface area contributed by atoms with Gasteiger partial charge in [-0.2, -0.15) is 0 Å². The maximum Gasteiger partial charge on any atom is 0.264 e. The van der Waals surface area contributed by atoms with Crippen molar-refractivity contribution in [1.82, 2.24) is 4.90 Å². The lowest BCUT2D eigenvalue weighted by atomic mass is 10.2. The minimum absolute atomic E-state index is 0.272. The van der Waals surface area contributed by atoms with E-state index in [0.29, 0.717) is 13.1 Å². The molecule has 0 N–H and O–H groups in total. The SMILES string of the molecule is CCCN(CC)C(=O)c1cc(Br)cc(S(=O)(=O)Cl)c1F. The van der Waals surface area contributed by atoms with E-state index in [2.05, 4.69) is 15.9 Å². The van der Waals surface area contributed by atoms with Gasteiger partial charge in [0.25, 0.3) is 15.0 Å². The van der Waals surface area contributed by atoms with Crippen molar-refractivity contribution < 1.29 is 17.6 Å². The molecule has 0 atom stereocenters. The van der Waals surface area contributed by atoms with Gasteiger partial charge in [0.2, 0.25) is 0 Å². The Balaban J connectivity index is 3.39. The van der Waals surface area contributed by atoms with Crippen molar-refractivity contribution in [3.8, 4) is 0 Å². The second-order valence-electron chi connectivity index (χ2n) is 4.09. The Morgan fingerprint density at radius 1 is 1.40 bits per heavy atom. The zero-order valence-corrected chi connectivity index (χ0v) is 14.1. The highest BCUT2D eigenvalue weighted by Crippen LogP contribution is 2.27. The lowest BCUT2D eigenvalue weighted by molar-refractivity contribution is 0.0759. The third-order valence-corrected chi connectivity index (χ3v) is 4.44. The molecule has 0 aliphatic heterocycles. The quantitative estimate of drug-likeness (QED) is 0.729. The number of amides is 1. The number of hydrogen-bond donors (Lipinski definition) is 0. The van der Waals surface area contributed by atoms with Gasteiger partial charge >= 0.3 is 0 Å². The average Bonchev–Trinajstić information content (AvgIpc) is 2.36. The smallest absolute Gasteiger partial charge is 0.264 e. The zero-order valence-electron chi connectivity index (χ0n) is 11.0. The van der Waals surface area contributed by atoms with Crippen LogP contribution < -0.4 is 0 Å². The molecule has 0 unspecified atom stereocenters. The van der Waals surface area contributed by atoms with Crippen molar-refractivity contribution in [2.45, 2.75) is 25.2 Å². The fourth-order valence-electron chi connectivity index (χ4n) is 1.74. The van der Waals surface area contributed by atoms with Crippen LogP contribution in [0.1, 0.15) is 30.6 Å². The standard InChI is InChI=1S/C12H14BrClFNO3S/c1-3-5-16(4-2)12(17)9-6-8(13)7-10(11(9)15)20(14,18)19/h6-7H,3-5H2,1-2H3. The van der Waals surface area contributed by atoms with E-state index in [1.54, 1.807) is 6.92 Å². The number of nitrogens with zero attached hydrogens (tertiary/aromatic N) is 1. The summed E-state index contributed by atoms with van der Waals surface area (Å²) >= 11 is 3.06. The van der Waals surface area contributed by atoms with Crippen LogP contribution in [0.4, 0.5) is 4.39 Å². The van der Waals surface area contributed by atoms with E-state index in [-0.39, 0.29) is 10.0 Å². The second kappa shape index (κ2) is 6.87. The Morgan fingerprint density at radius 2 is 2.00 bits per heavy atom. The van der Waals surface area contributed by atoms with Gasteiger partial charge in [-0.25, -0.2) is 12.8 Å². The maximum absolute atomic E-state index is 14.2. The molecule has 0 fully saturated rings. The van der Waals surface area contributed by atoms with Gasteiger partial charge in [0.1, 0.15) is 4.90 Å². The molecule has 1 aromatic rings. The first-order chi connectivity index (χ1) is 9.22. The van der Waals surface area contributed by atoms with Crippen LogP contribution in [0, 0.1) is 5.82 Å². The van der Waals surface area contributed by atoms with Gasteiger partial charge in [0.05, 0.1) is 5.56 Å². The minimum Gasteiger partial charge on any atom is -0.339 e. The lowest BCUT2D eigenvalue weighted by Crippen LogP contribution is -2.32. The van der Waals surface area contributed by atoms with Crippen LogP contribution in [0.2, 0.25) is 0 Å². The molecule has 4 nitrogen and oxygen atoms in total. The van der Waals surface area contributed by atoms with Crippen LogP contribution in [0.5, 0.6) is 0 Å². The van der Waals surface area contributed by atoms with Crippen LogP contribution in [0.25, 0.3) is 0 Å². The summed E-state index contributed by atoms with van der Waals surface area (Å²) in [5.74, 6) is -1.68. The summed E-state index contributed by atoms with van der Waals surface area (Å²) < 4.78 is 37.1. The number of rotatable bonds is 5. The van der Waals surface area contributed by atoms with Gasteiger partial charge in [0, 0.05) is 28.2 Å². The summed E-state index contributed by atoms with van der Waals surface area (Å²) in [6.45, 7) is 4.52. The van der Waals surface area contributed by atoms with Crippen LogP contribution in [0.3, 0.4) is 0 Å². The molecule has 112 valence electrons. The Labute approximate surface area is 130 Å². The van der Waals surface area contributed by atoms with Crippen LogP contribution in [0.15, 0.2) is 21.5 Å². The Bertz CT molecular complexity index is 621. The summed E-state index contributed by atoms with van der Waals surface area (Å²) in [7, 11) is 0.913. The van der Waals surface area contributed by atoms with Crippen molar-refractivity contribution in [2.75, 3.05) is 13.1 Å². The molecule has 8 heteroatoms. The van der Waals surface area contributed by atoms with Crippen molar-refractivity contribution in [3.05, 3.63) is 28.0 Å². The zero-order chi connectivity index (χ0) is 15.5. The average molecular weight is 387 g/mol. The summed E-state index contributed by atoms with van der Waals surface area (Å²) in [5, 5.41) is 0. The molecule has 0 aliphatic rings. The predicted octanol–water partition coefficient (Wildman–Crippen LogP) is 3.39. The van der Waals surface area contributed by atoms with Crippen molar-refractivity contribution >= 4 is 41.6 Å². The van der Waals surface area contributed by atoms with E-state index in [1.807, 2.05) is 6.92 Å². The first-order valence-electron chi connectivity index (χ1n) is 5.95. The molecule has 1 rings (SSSR count). The maximum atomic E-state index is 14.2. The predicted molar refractivity (Wildman–Crippen MR) is 79.0 cm³/mol. The second-order valence-corrected chi connectivity index (χ2v) is 7.54. The molecule has 0 aromatic heterocycles. The van der Waals surface area contributed by atoms with Crippen LogP contribution in [-0.2, 0) is 9.05 Å². The lowest BCUT2D eigenvalue weighted by Gasteiger charge is -2.20. The number of carbonyl (C=O) groups excluding carboxylic acids is 1. The molecule has 0 heterocycles. The number of carbonyl (C=O) groups is 1. The molecule has 20 heavy (non-hydrogen) atoms. The molecule has 0 saturated carbocycles. The first kappa shape index (κ1) is 17.4. The van der Waals surface area contributed by atoms with E-state index in [9.17, 15) is 17.6 Å². The van der Waals surface area contributed by atoms with E-state index in [0.717, 1.165) is 12.5 Å². The largest absolute Gasteiger partial charge is 0.339 e. The Hall–Kier alpha value is -0.660. The van der Waals surface area contributed by atoms with Crippen LogP contribution >= 0.6 is 26.6 Å². The summed E-state index contributed by atoms with van der Waals surface area (Å²) in [6.07, 6.45) is 0.718. The van der Waals surface area contributed by atoms with Crippen molar-refractivity contribution in [3.63, 3.8) is 0 Å². The van der Waals surface area contributed by atoms with E-state index < -0.39 is 25.7 Å². The fraction of sp³-hybridized carbons (Fsp3) is 0.417. The molecule has 0 radical (unpaired) electrons. The third-order valence-electron chi connectivity index (χ3n) is 2.66. The number of benzene rings is 1. The fourth-order valence-corrected chi connectivity index (χ4v) is 3.28. The number of halogens is 3. The molecule has 1 amide bonds. The van der Waals surface area contributed by atoms with E-state index >= 15 is 0 Å². The van der Waals surface area contributed by atoms with Gasteiger partial charge < -0.3 is 4.90 Å². The van der Waals surface area contributed by atoms with Gasteiger partial charge in [-0.05, 0) is 25.5 Å². The first-order valence-corrected chi connectivity index (χ1v) is 9.05. The topological polar surface area (TPSA) is 54.5 Å². The van der Waals surface area contributed by atoms with Gasteiger partial charge in [-0.3, -0.25) is 4.79 Å². The summed E-state index contributed by atoms with van der Waals surface area (Å²) in [5.41, 5.74) is -0.311. The van der Waals surface area contributed by atoms with Gasteiger partial charge in [0.15, 0.2) is 5.82 Å². The molecule has 0 bridgehead atoms. The number of hydrogen-bond acceptors (Lipinski definition) is 3. The minimum atomic E-state index is -4.26. The molecular weight excluding hydrogens is 373 g/mol.